The summed E-state index contributed by atoms with van der Waals surface area (Å²) in [5.74, 6) is 1.40. The lowest BCUT2D eigenvalue weighted by molar-refractivity contribution is -0.127. The molecular weight excluding hydrogens is 260 g/mol. The van der Waals surface area contributed by atoms with E-state index in [-0.39, 0.29) is 11.3 Å². The zero-order valence-corrected chi connectivity index (χ0v) is 11.7. The number of nitrogens with zero attached hydrogens (tertiary/aromatic N) is 2. The van der Waals surface area contributed by atoms with E-state index in [1.54, 1.807) is 16.7 Å². The summed E-state index contributed by atoms with van der Waals surface area (Å²) in [5, 5.41) is 8.67. The molecule has 1 unspecified atom stereocenters. The van der Waals surface area contributed by atoms with Crippen LogP contribution in [0.1, 0.15) is 24.3 Å². The summed E-state index contributed by atoms with van der Waals surface area (Å²) in [7, 11) is 0. The molecule has 1 saturated heterocycles. The van der Waals surface area contributed by atoms with Crippen molar-refractivity contribution in [1.29, 1.82) is 5.26 Å². The van der Waals surface area contributed by atoms with Crippen LogP contribution >= 0.6 is 11.8 Å². The van der Waals surface area contributed by atoms with Gasteiger partial charge in [0.05, 0.1) is 24.8 Å². The third kappa shape index (κ3) is 3.21. The van der Waals surface area contributed by atoms with Gasteiger partial charge in [0.15, 0.2) is 0 Å². The number of benzene rings is 1. The van der Waals surface area contributed by atoms with Crippen molar-refractivity contribution in [3.63, 3.8) is 0 Å². The van der Waals surface area contributed by atoms with Crippen LogP contribution in [0.3, 0.4) is 0 Å². The van der Waals surface area contributed by atoms with E-state index in [0.717, 1.165) is 11.3 Å². The Morgan fingerprint density at radius 1 is 1.58 bits per heavy atom. The molecule has 4 nitrogen and oxygen atoms in total. The summed E-state index contributed by atoms with van der Waals surface area (Å²) in [5.41, 5.74) is 1.06. The Morgan fingerprint density at radius 2 is 2.42 bits per heavy atom. The molecule has 0 radical (unpaired) electrons. The molecule has 0 saturated carbocycles. The Bertz CT molecular complexity index is 498. The minimum atomic E-state index is 0.00116. The van der Waals surface area contributed by atoms with Crippen LogP contribution in [0.15, 0.2) is 24.3 Å². The molecule has 1 atom stereocenters. The third-order valence-corrected chi connectivity index (χ3v) is 4.14. The Morgan fingerprint density at radius 3 is 3.16 bits per heavy atom. The number of nitriles is 1. The van der Waals surface area contributed by atoms with Gasteiger partial charge in [0.25, 0.3) is 0 Å². The van der Waals surface area contributed by atoms with E-state index < -0.39 is 0 Å². The Hall–Kier alpha value is -1.67. The van der Waals surface area contributed by atoms with Crippen molar-refractivity contribution >= 4 is 17.7 Å². The molecule has 0 bridgehead atoms. The maximum Gasteiger partial charge on any atom is 0.233 e. The first-order valence-corrected chi connectivity index (χ1v) is 7.32. The second-order valence-corrected chi connectivity index (χ2v) is 5.23. The van der Waals surface area contributed by atoms with Crippen molar-refractivity contribution in [1.82, 2.24) is 4.90 Å². The monoisotopic (exact) mass is 276 g/mol. The van der Waals surface area contributed by atoms with Crippen LogP contribution in [0.2, 0.25) is 0 Å². The summed E-state index contributed by atoms with van der Waals surface area (Å²) in [6, 6.07) is 9.91. The molecule has 1 fully saturated rings. The normalized spacial score (nSPS) is 18.4. The highest BCUT2D eigenvalue weighted by Gasteiger charge is 2.32. The highest BCUT2D eigenvalue weighted by molar-refractivity contribution is 8.00. The molecule has 5 heteroatoms. The lowest BCUT2D eigenvalue weighted by atomic mass is 10.2. The summed E-state index contributed by atoms with van der Waals surface area (Å²) in [6.07, 6.45) is 0.369. The number of carbonyl (C=O) groups is 1. The van der Waals surface area contributed by atoms with Gasteiger partial charge in [-0.05, 0) is 24.6 Å². The molecule has 0 spiro atoms. The van der Waals surface area contributed by atoms with Gasteiger partial charge in [-0.2, -0.15) is 5.26 Å². The number of amides is 1. The predicted octanol–water partition coefficient (Wildman–Crippen LogP) is 2.57. The fourth-order valence-electron chi connectivity index (χ4n) is 2.07. The highest BCUT2D eigenvalue weighted by Crippen LogP contribution is 2.39. The van der Waals surface area contributed by atoms with Gasteiger partial charge < -0.3 is 9.64 Å². The molecule has 1 aromatic carbocycles. The molecule has 1 heterocycles. The van der Waals surface area contributed by atoms with Crippen LogP contribution in [-0.2, 0) is 4.79 Å². The van der Waals surface area contributed by atoms with Crippen LogP contribution in [0.4, 0.5) is 0 Å². The SMILES string of the molecule is CCOc1cccc(C2SCC(=O)N2CCC#N)c1. The second kappa shape index (κ2) is 6.48. The number of carbonyl (C=O) groups excluding carboxylic acids is 1. The van der Waals surface area contributed by atoms with Gasteiger partial charge in [-0.25, -0.2) is 0 Å². The van der Waals surface area contributed by atoms with Crippen molar-refractivity contribution < 1.29 is 9.53 Å². The summed E-state index contributed by atoms with van der Waals surface area (Å²) in [6.45, 7) is 3.06. The Labute approximate surface area is 117 Å². The molecular formula is C14H16N2O2S. The fourth-order valence-corrected chi connectivity index (χ4v) is 3.28. The second-order valence-electron chi connectivity index (χ2n) is 4.16. The zero-order chi connectivity index (χ0) is 13.7. The smallest absolute Gasteiger partial charge is 0.233 e. The summed E-state index contributed by atoms with van der Waals surface area (Å²) < 4.78 is 5.48. The molecule has 0 aromatic heterocycles. The van der Waals surface area contributed by atoms with Crippen LogP contribution in [0, 0.1) is 11.3 Å². The standard InChI is InChI=1S/C14H16N2O2S/c1-2-18-12-6-3-5-11(9-12)14-16(8-4-7-15)13(17)10-19-14/h3,5-6,9,14H,2,4,8,10H2,1H3. The van der Waals surface area contributed by atoms with Gasteiger partial charge >= 0.3 is 0 Å². The molecule has 0 N–H and O–H groups in total. The lowest BCUT2D eigenvalue weighted by Crippen LogP contribution is -2.29. The van der Waals surface area contributed by atoms with E-state index in [1.807, 2.05) is 31.2 Å². The number of thioether (sulfide) groups is 1. The van der Waals surface area contributed by atoms with Gasteiger partial charge in [-0.1, -0.05) is 12.1 Å². The zero-order valence-electron chi connectivity index (χ0n) is 10.8. The van der Waals surface area contributed by atoms with Crippen LogP contribution in [0.5, 0.6) is 5.75 Å². The van der Waals surface area contributed by atoms with Crippen LogP contribution in [0.25, 0.3) is 0 Å². The molecule has 19 heavy (non-hydrogen) atoms. The molecule has 1 aliphatic rings. The molecule has 2 rings (SSSR count). The minimum Gasteiger partial charge on any atom is -0.494 e. The van der Waals surface area contributed by atoms with Gasteiger partial charge in [0.2, 0.25) is 5.91 Å². The van der Waals surface area contributed by atoms with Gasteiger partial charge in [-0.15, -0.1) is 11.8 Å². The fraction of sp³-hybridized carbons (Fsp3) is 0.429. The lowest BCUT2D eigenvalue weighted by Gasteiger charge is -2.23. The largest absolute Gasteiger partial charge is 0.494 e. The number of hydrogen-bond donors (Lipinski definition) is 0. The van der Waals surface area contributed by atoms with Crippen molar-refractivity contribution in [3.05, 3.63) is 29.8 Å². The predicted molar refractivity (Wildman–Crippen MR) is 74.8 cm³/mol. The molecule has 0 aliphatic carbocycles. The minimum absolute atomic E-state index is 0.00116. The maximum atomic E-state index is 11.8. The van der Waals surface area contributed by atoms with Gasteiger partial charge in [-0.3, -0.25) is 4.79 Å². The Balaban J connectivity index is 2.17. The number of hydrogen-bond acceptors (Lipinski definition) is 4. The number of rotatable bonds is 5. The van der Waals surface area contributed by atoms with E-state index in [2.05, 4.69) is 6.07 Å². The van der Waals surface area contributed by atoms with Crippen molar-refractivity contribution in [3.8, 4) is 11.8 Å². The van der Waals surface area contributed by atoms with Crippen LogP contribution in [-0.4, -0.2) is 29.7 Å². The van der Waals surface area contributed by atoms with Crippen LogP contribution < -0.4 is 4.74 Å². The van der Waals surface area contributed by atoms with E-state index in [4.69, 9.17) is 10.00 Å². The average molecular weight is 276 g/mol. The highest BCUT2D eigenvalue weighted by atomic mass is 32.2. The first kappa shape index (κ1) is 13.8. The molecule has 1 amide bonds. The van der Waals surface area contributed by atoms with Gasteiger partial charge in [0, 0.05) is 6.54 Å². The molecule has 100 valence electrons. The first-order valence-electron chi connectivity index (χ1n) is 6.27. The summed E-state index contributed by atoms with van der Waals surface area (Å²) >= 11 is 1.60. The average Bonchev–Trinajstić information content (AvgIpc) is 2.78. The van der Waals surface area contributed by atoms with Crippen molar-refractivity contribution in [2.75, 3.05) is 18.9 Å². The van der Waals surface area contributed by atoms with Gasteiger partial charge in [0.1, 0.15) is 11.1 Å². The van der Waals surface area contributed by atoms with E-state index >= 15 is 0 Å². The molecule has 1 aliphatic heterocycles. The topological polar surface area (TPSA) is 53.3 Å². The van der Waals surface area contributed by atoms with E-state index in [0.29, 0.717) is 25.3 Å². The third-order valence-electron chi connectivity index (χ3n) is 2.89. The Kier molecular flexibility index (Phi) is 4.69. The first-order chi connectivity index (χ1) is 9.26. The van der Waals surface area contributed by atoms with E-state index in [1.165, 1.54) is 0 Å². The maximum absolute atomic E-state index is 11.8. The van der Waals surface area contributed by atoms with E-state index in [9.17, 15) is 4.79 Å². The number of ether oxygens (including phenoxy) is 1. The molecule has 1 aromatic rings. The summed E-state index contributed by atoms with van der Waals surface area (Å²) in [4.78, 5) is 13.6. The van der Waals surface area contributed by atoms with Crippen molar-refractivity contribution in [2.45, 2.75) is 18.7 Å². The quantitative estimate of drug-likeness (QED) is 0.829. The van der Waals surface area contributed by atoms with Crippen molar-refractivity contribution in [2.24, 2.45) is 0 Å².